The van der Waals surface area contributed by atoms with Crippen molar-refractivity contribution in [2.75, 3.05) is 27.4 Å². The molecule has 0 fully saturated rings. The zero-order chi connectivity index (χ0) is 12.6. The maximum atomic E-state index is 11.8. The molecule has 0 aliphatic heterocycles. The van der Waals surface area contributed by atoms with Gasteiger partial charge in [0.25, 0.3) is 0 Å². The zero-order valence-corrected chi connectivity index (χ0v) is 11.1. The van der Waals surface area contributed by atoms with Crippen LogP contribution in [0.3, 0.4) is 0 Å². The van der Waals surface area contributed by atoms with Crippen LogP contribution >= 0.6 is 0 Å². The molecule has 96 valence electrons. The largest absolute Gasteiger partial charge is 0.469 e. The van der Waals surface area contributed by atoms with Crippen LogP contribution in [-0.2, 0) is 14.3 Å². The summed E-state index contributed by atoms with van der Waals surface area (Å²) in [4.78, 5) is 11.8. The summed E-state index contributed by atoms with van der Waals surface area (Å²) in [5.41, 5.74) is -0.406. The van der Waals surface area contributed by atoms with Gasteiger partial charge in [0.1, 0.15) is 0 Å². The van der Waals surface area contributed by atoms with E-state index in [0.29, 0.717) is 13.2 Å². The number of rotatable bonds is 8. The second-order valence-electron chi connectivity index (χ2n) is 4.22. The number of carbonyl (C=O) groups is 1. The van der Waals surface area contributed by atoms with Gasteiger partial charge in [-0.1, -0.05) is 13.8 Å². The van der Waals surface area contributed by atoms with E-state index < -0.39 is 5.41 Å². The fourth-order valence-corrected chi connectivity index (χ4v) is 1.76. The molecule has 0 aliphatic carbocycles. The van der Waals surface area contributed by atoms with Gasteiger partial charge in [-0.05, 0) is 19.8 Å². The number of hydrogen-bond donors (Lipinski definition) is 1. The first kappa shape index (κ1) is 15.4. The maximum absolute atomic E-state index is 11.8. The minimum absolute atomic E-state index is 0.130. The molecular formula is C12H25NO3. The van der Waals surface area contributed by atoms with E-state index in [0.717, 1.165) is 12.8 Å². The fourth-order valence-electron chi connectivity index (χ4n) is 1.76. The van der Waals surface area contributed by atoms with Crippen LogP contribution in [0.25, 0.3) is 0 Å². The minimum Gasteiger partial charge on any atom is -0.469 e. The van der Waals surface area contributed by atoms with Crippen LogP contribution < -0.4 is 5.32 Å². The van der Waals surface area contributed by atoms with Crippen LogP contribution in [0.4, 0.5) is 0 Å². The highest BCUT2D eigenvalue weighted by molar-refractivity contribution is 5.76. The van der Waals surface area contributed by atoms with Crippen LogP contribution in [0, 0.1) is 5.41 Å². The van der Waals surface area contributed by atoms with Gasteiger partial charge in [-0.3, -0.25) is 4.79 Å². The van der Waals surface area contributed by atoms with Gasteiger partial charge in [-0.15, -0.1) is 0 Å². The van der Waals surface area contributed by atoms with Gasteiger partial charge in [-0.2, -0.15) is 0 Å². The molecule has 16 heavy (non-hydrogen) atoms. The number of hydrogen-bond acceptors (Lipinski definition) is 4. The summed E-state index contributed by atoms with van der Waals surface area (Å²) in [5, 5.41) is 3.32. The average molecular weight is 231 g/mol. The van der Waals surface area contributed by atoms with E-state index in [4.69, 9.17) is 9.47 Å². The number of nitrogens with one attached hydrogen (secondary N) is 1. The molecule has 4 nitrogen and oxygen atoms in total. The summed E-state index contributed by atoms with van der Waals surface area (Å²) in [6.07, 6.45) is 1.56. The molecule has 0 radical (unpaired) electrons. The van der Waals surface area contributed by atoms with Crippen LogP contribution in [0.5, 0.6) is 0 Å². The summed E-state index contributed by atoms with van der Waals surface area (Å²) in [7, 11) is 3.12. The van der Waals surface area contributed by atoms with Crippen molar-refractivity contribution in [1.29, 1.82) is 0 Å². The van der Waals surface area contributed by atoms with Crippen LogP contribution in [0.15, 0.2) is 0 Å². The molecule has 0 aromatic rings. The maximum Gasteiger partial charge on any atom is 0.313 e. The molecule has 1 N–H and O–H groups in total. The van der Waals surface area contributed by atoms with E-state index in [1.165, 1.54) is 7.11 Å². The van der Waals surface area contributed by atoms with Crippen molar-refractivity contribution < 1.29 is 14.3 Å². The van der Waals surface area contributed by atoms with Gasteiger partial charge >= 0.3 is 5.97 Å². The first-order chi connectivity index (χ1) is 7.56. The van der Waals surface area contributed by atoms with Gasteiger partial charge in [-0.25, -0.2) is 0 Å². The Morgan fingerprint density at radius 3 is 2.25 bits per heavy atom. The van der Waals surface area contributed by atoms with Gasteiger partial charge in [0, 0.05) is 19.7 Å². The molecule has 0 saturated heterocycles. The monoisotopic (exact) mass is 231 g/mol. The Bertz CT molecular complexity index is 202. The number of esters is 1. The lowest BCUT2D eigenvalue weighted by Gasteiger charge is -2.30. The lowest BCUT2D eigenvalue weighted by molar-refractivity contribution is -0.153. The van der Waals surface area contributed by atoms with E-state index in [9.17, 15) is 4.79 Å². The number of ether oxygens (including phenoxy) is 2. The standard InChI is InChI=1S/C12H25NO3/c1-6-12(7-2,11(14)16-5)9-13-10(3)8-15-4/h10,13H,6-9H2,1-5H3. The van der Waals surface area contributed by atoms with Gasteiger partial charge < -0.3 is 14.8 Å². The quantitative estimate of drug-likeness (QED) is 0.644. The molecule has 0 spiro atoms. The SMILES string of the molecule is CCC(CC)(CNC(C)COC)C(=O)OC. The molecule has 0 rings (SSSR count). The molecule has 0 amide bonds. The molecule has 1 unspecified atom stereocenters. The lowest BCUT2D eigenvalue weighted by atomic mass is 9.82. The highest BCUT2D eigenvalue weighted by atomic mass is 16.5. The third-order valence-corrected chi connectivity index (χ3v) is 3.18. The number of carbonyl (C=O) groups excluding carboxylic acids is 1. The molecule has 4 heteroatoms. The summed E-state index contributed by atoms with van der Waals surface area (Å²) in [6, 6.07) is 0.243. The fraction of sp³-hybridized carbons (Fsp3) is 0.917. The average Bonchev–Trinajstić information content (AvgIpc) is 2.31. The Labute approximate surface area is 98.7 Å². The van der Waals surface area contributed by atoms with E-state index >= 15 is 0 Å². The molecule has 0 bridgehead atoms. The molecule has 0 aliphatic rings. The van der Waals surface area contributed by atoms with Gasteiger partial charge in [0.15, 0.2) is 0 Å². The van der Waals surface area contributed by atoms with E-state index in [1.54, 1.807) is 7.11 Å². The molecular weight excluding hydrogens is 206 g/mol. The predicted octanol–water partition coefficient (Wildman–Crippen LogP) is 1.59. The van der Waals surface area contributed by atoms with Gasteiger partial charge in [0.2, 0.25) is 0 Å². The Balaban J connectivity index is 4.38. The smallest absolute Gasteiger partial charge is 0.313 e. The molecule has 0 saturated carbocycles. The van der Waals surface area contributed by atoms with E-state index in [1.807, 2.05) is 20.8 Å². The predicted molar refractivity (Wildman–Crippen MR) is 64.4 cm³/mol. The first-order valence-electron chi connectivity index (χ1n) is 5.87. The van der Waals surface area contributed by atoms with Crippen LogP contribution in [0.1, 0.15) is 33.6 Å². The van der Waals surface area contributed by atoms with E-state index in [-0.39, 0.29) is 12.0 Å². The zero-order valence-electron chi connectivity index (χ0n) is 11.1. The number of methoxy groups -OCH3 is 2. The van der Waals surface area contributed by atoms with Gasteiger partial charge in [0.05, 0.1) is 19.1 Å². The Morgan fingerprint density at radius 1 is 1.31 bits per heavy atom. The summed E-state index contributed by atoms with van der Waals surface area (Å²) < 4.78 is 9.92. The third-order valence-electron chi connectivity index (χ3n) is 3.18. The molecule has 1 atom stereocenters. The van der Waals surface area contributed by atoms with E-state index in [2.05, 4.69) is 5.32 Å². The topological polar surface area (TPSA) is 47.6 Å². The molecule has 0 aromatic heterocycles. The molecule has 0 aromatic carbocycles. The van der Waals surface area contributed by atoms with Crippen molar-refractivity contribution in [3.63, 3.8) is 0 Å². The van der Waals surface area contributed by atoms with Crippen LogP contribution in [0.2, 0.25) is 0 Å². The van der Waals surface area contributed by atoms with Crippen molar-refractivity contribution >= 4 is 5.97 Å². The minimum atomic E-state index is -0.406. The van der Waals surface area contributed by atoms with Crippen molar-refractivity contribution in [2.24, 2.45) is 5.41 Å². The van der Waals surface area contributed by atoms with Crippen molar-refractivity contribution in [3.8, 4) is 0 Å². The Hall–Kier alpha value is -0.610. The normalized spacial score (nSPS) is 13.6. The highest BCUT2D eigenvalue weighted by Gasteiger charge is 2.35. The second kappa shape index (κ2) is 7.63. The third kappa shape index (κ3) is 4.10. The Morgan fingerprint density at radius 2 is 1.88 bits per heavy atom. The lowest BCUT2D eigenvalue weighted by Crippen LogP contribution is -2.44. The van der Waals surface area contributed by atoms with Crippen molar-refractivity contribution in [1.82, 2.24) is 5.32 Å². The summed E-state index contributed by atoms with van der Waals surface area (Å²) >= 11 is 0. The Kier molecular flexibility index (Phi) is 7.34. The van der Waals surface area contributed by atoms with Crippen molar-refractivity contribution in [2.45, 2.75) is 39.7 Å². The first-order valence-corrected chi connectivity index (χ1v) is 5.87. The van der Waals surface area contributed by atoms with Crippen LogP contribution in [-0.4, -0.2) is 39.4 Å². The summed E-state index contributed by atoms with van der Waals surface area (Å²) in [6.45, 7) is 7.35. The van der Waals surface area contributed by atoms with Crippen molar-refractivity contribution in [3.05, 3.63) is 0 Å². The summed E-state index contributed by atoms with van der Waals surface area (Å²) in [5.74, 6) is -0.130. The highest BCUT2D eigenvalue weighted by Crippen LogP contribution is 2.27. The second-order valence-corrected chi connectivity index (χ2v) is 4.22. The molecule has 0 heterocycles.